The van der Waals surface area contributed by atoms with E-state index in [-0.39, 0.29) is 4.90 Å². The van der Waals surface area contributed by atoms with E-state index in [4.69, 9.17) is 11.5 Å². The van der Waals surface area contributed by atoms with Crippen molar-refractivity contribution in [3.63, 3.8) is 0 Å². The molecule has 0 aromatic heterocycles. The molecule has 0 aliphatic carbocycles. The van der Waals surface area contributed by atoms with Gasteiger partial charge in [-0.15, -0.1) is 0 Å². The molecular weight excluding hydrogens is 230 g/mol. The number of aryl methyl sites for hydroxylation is 1. The van der Waals surface area contributed by atoms with Gasteiger partial charge in [0.25, 0.3) is 10.0 Å². The summed E-state index contributed by atoms with van der Waals surface area (Å²) in [5.74, 6) is 0. The number of primary amides is 1. The maximum atomic E-state index is 11.5. The molecule has 1 rings (SSSR count). The summed E-state index contributed by atoms with van der Waals surface area (Å²) in [6, 6.07) is 3.15. The number of amides is 2. The average Bonchev–Trinajstić information content (AvgIpc) is 2.15. The van der Waals surface area contributed by atoms with Crippen molar-refractivity contribution in [2.75, 3.05) is 5.73 Å². The third kappa shape index (κ3) is 2.63. The Kier molecular flexibility index (Phi) is 3.38. The second-order valence-electron chi connectivity index (χ2n) is 3.18. The van der Waals surface area contributed by atoms with E-state index in [9.17, 15) is 13.2 Å². The highest BCUT2D eigenvalue weighted by molar-refractivity contribution is 7.90. The molecule has 0 fully saturated rings. The van der Waals surface area contributed by atoms with Crippen molar-refractivity contribution in [1.29, 1.82) is 0 Å². The van der Waals surface area contributed by atoms with Crippen LogP contribution in [0.15, 0.2) is 23.1 Å². The SMILES string of the molecule is CCc1ccc(S(=O)(=O)NC(N)=O)cc1N. The minimum absolute atomic E-state index is 0.0824. The summed E-state index contributed by atoms with van der Waals surface area (Å²) in [5, 5.41) is 0. The minimum atomic E-state index is -3.91. The summed E-state index contributed by atoms with van der Waals surface area (Å²) in [4.78, 5) is 10.4. The van der Waals surface area contributed by atoms with Crippen LogP contribution >= 0.6 is 0 Å². The lowest BCUT2D eigenvalue weighted by atomic mass is 10.1. The number of sulfonamides is 1. The van der Waals surface area contributed by atoms with Gasteiger partial charge in [0.2, 0.25) is 0 Å². The Hall–Kier alpha value is -1.76. The van der Waals surface area contributed by atoms with Crippen LogP contribution < -0.4 is 16.2 Å². The summed E-state index contributed by atoms with van der Waals surface area (Å²) >= 11 is 0. The van der Waals surface area contributed by atoms with E-state index in [2.05, 4.69) is 0 Å². The van der Waals surface area contributed by atoms with Crippen molar-refractivity contribution in [3.8, 4) is 0 Å². The van der Waals surface area contributed by atoms with E-state index in [0.717, 1.165) is 5.56 Å². The molecule has 0 aliphatic heterocycles. The van der Waals surface area contributed by atoms with E-state index in [0.29, 0.717) is 12.1 Å². The summed E-state index contributed by atoms with van der Waals surface area (Å²) < 4.78 is 24.7. The van der Waals surface area contributed by atoms with E-state index in [1.54, 1.807) is 10.8 Å². The van der Waals surface area contributed by atoms with Crippen LogP contribution in [0.4, 0.5) is 10.5 Å². The van der Waals surface area contributed by atoms with Crippen LogP contribution in [0, 0.1) is 0 Å². The molecule has 1 aromatic rings. The first-order chi connectivity index (χ1) is 7.36. The van der Waals surface area contributed by atoms with E-state index in [1.165, 1.54) is 12.1 Å². The van der Waals surface area contributed by atoms with Gasteiger partial charge in [-0.2, -0.15) is 0 Å². The van der Waals surface area contributed by atoms with E-state index in [1.807, 2.05) is 6.92 Å². The first kappa shape index (κ1) is 12.3. The Morgan fingerprint density at radius 1 is 1.44 bits per heavy atom. The van der Waals surface area contributed by atoms with E-state index < -0.39 is 16.1 Å². The molecule has 0 aliphatic rings. The van der Waals surface area contributed by atoms with Crippen molar-refractivity contribution >= 4 is 21.7 Å². The van der Waals surface area contributed by atoms with E-state index >= 15 is 0 Å². The highest BCUT2D eigenvalue weighted by atomic mass is 32.2. The number of carbonyl (C=O) groups excluding carboxylic acids is 1. The zero-order valence-corrected chi connectivity index (χ0v) is 9.54. The fraction of sp³-hybridized carbons (Fsp3) is 0.222. The topological polar surface area (TPSA) is 115 Å². The van der Waals surface area contributed by atoms with Gasteiger partial charge >= 0.3 is 6.03 Å². The molecule has 6 nitrogen and oxygen atoms in total. The van der Waals surface area contributed by atoms with Gasteiger partial charge in [-0.25, -0.2) is 17.9 Å². The molecule has 0 atom stereocenters. The van der Waals surface area contributed by atoms with Gasteiger partial charge in [-0.05, 0) is 24.1 Å². The maximum Gasteiger partial charge on any atom is 0.326 e. The fourth-order valence-electron chi connectivity index (χ4n) is 1.25. The van der Waals surface area contributed by atoms with Crippen molar-refractivity contribution < 1.29 is 13.2 Å². The lowest BCUT2D eigenvalue weighted by Gasteiger charge is -2.07. The summed E-state index contributed by atoms with van der Waals surface area (Å²) in [7, 11) is -3.91. The van der Waals surface area contributed by atoms with Gasteiger partial charge in [0.15, 0.2) is 0 Å². The second-order valence-corrected chi connectivity index (χ2v) is 4.87. The molecule has 2 amide bonds. The van der Waals surface area contributed by atoms with Gasteiger partial charge < -0.3 is 11.5 Å². The number of benzene rings is 1. The zero-order valence-electron chi connectivity index (χ0n) is 8.73. The Labute approximate surface area is 93.7 Å². The van der Waals surface area contributed by atoms with Gasteiger partial charge in [0, 0.05) is 5.69 Å². The average molecular weight is 243 g/mol. The highest BCUT2D eigenvalue weighted by Crippen LogP contribution is 2.18. The summed E-state index contributed by atoms with van der Waals surface area (Å²) in [6.45, 7) is 1.90. The molecule has 0 unspecified atom stereocenters. The molecule has 88 valence electrons. The molecule has 5 N–H and O–H groups in total. The number of carbonyl (C=O) groups is 1. The van der Waals surface area contributed by atoms with Gasteiger partial charge in [0.1, 0.15) is 0 Å². The number of nitrogens with one attached hydrogen (secondary N) is 1. The molecule has 0 bridgehead atoms. The van der Waals surface area contributed by atoms with Crippen LogP contribution in [0.1, 0.15) is 12.5 Å². The normalized spacial score (nSPS) is 11.1. The first-order valence-electron chi connectivity index (χ1n) is 4.57. The predicted octanol–water partition coefficient (Wildman–Crippen LogP) is 0.188. The molecular formula is C9H13N3O3S. The summed E-state index contributed by atoms with van der Waals surface area (Å²) in [5.41, 5.74) is 11.6. The molecule has 0 radical (unpaired) electrons. The number of urea groups is 1. The largest absolute Gasteiger partial charge is 0.398 e. The Morgan fingerprint density at radius 2 is 2.06 bits per heavy atom. The number of nitrogens with two attached hydrogens (primary N) is 2. The Balaban J connectivity index is 3.15. The van der Waals surface area contributed by atoms with Crippen LogP contribution in [0.2, 0.25) is 0 Å². The lowest BCUT2D eigenvalue weighted by molar-refractivity contribution is 0.253. The smallest absolute Gasteiger partial charge is 0.326 e. The third-order valence-corrected chi connectivity index (χ3v) is 3.39. The lowest BCUT2D eigenvalue weighted by Crippen LogP contribution is -2.35. The standard InChI is InChI=1S/C9H13N3O3S/c1-2-6-3-4-7(5-8(6)10)16(14,15)12-9(11)13/h3-5H,2,10H2,1H3,(H3,11,12,13). The van der Waals surface area contributed by atoms with Crippen LogP contribution in [-0.4, -0.2) is 14.4 Å². The number of rotatable bonds is 3. The number of nitrogen functional groups attached to an aromatic ring is 1. The van der Waals surface area contributed by atoms with Crippen LogP contribution in [-0.2, 0) is 16.4 Å². The molecule has 1 aromatic carbocycles. The Morgan fingerprint density at radius 3 is 2.50 bits per heavy atom. The molecule has 7 heteroatoms. The molecule has 0 saturated heterocycles. The van der Waals surface area contributed by atoms with Gasteiger partial charge in [0.05, 0.1) is 4.90 Å². The van der Waals surface area contributed by atoms with Crippen molar-refractivity contribution in [2.24, 2.45) is 5.73 Å². The predicted molar refractivity (Wildman–Crippen MR) is 60.1 cm³/mol. The van der Waals surface area contributed by atoms with Crippen molar-refractivity contribution in [2.45, 2.75) is 18.2 Å². The highest BCUT2D eigenvalue weighted by Gasteiger charge is 2.16. The first-order valence-corrected chi connectivity index (χ1v) is 6.05. The summed E-state index contributed by atoms with van der Waals surface area (Å²) in [6.07, 6.45) is 0.704. The second kappa shape index (κ2) is 4.40. The monoisotopic (exact) mass is 243 g/mol. The maximum absolute atomic E-state index is 11.5. The minimum Gasteiger partial charge on any atom is -0.398 e. The number of hydrogen-bond acceptors (Lipinski definition) is 4. The van der Waals surface area contributed by atoms with Crippen LogP contribution in [0.5, 0.6) is 0 Å². The van der Waals surface area contributed by atoms with Crippen LogP contribution in [0.25, 0.3) is 0 Å². The number of hydrogen-bond donors (Lipinski definition) is 3. The molecule has 0 spiro atoms. The molecule has 0 saturated carbocycles. The quantitative estimate of drug-likeness (QED) is 0.657. The number of anilines is 1. The van der Waals surface area contributed by atoms with Crippen molar-refractivity contribution in [3.05, 3.63) is 23.8 Å². The Bertz CT molecular complexity index is 511. The van der Waals surface area contributed by atoms with Crippen LogP contribution in [0.3, 0.4) is 0 Å². The van der Waals surface area contributed by atoms with Crippen molar-refractivity contribution in [1.82, 2.24) is 4.72 Å². The molecule has 0 heterocycles. The zero-order chi connectivity index (χ0) is 12.3. The van der Waals surface area contributed by atoms with Gasteiger partial charge in [-0.1, -0.05) is 13.0 Å². The fourth-order valence-corrected chi connectivity index (χ4v) is 2.17. The third-order valence-electron chi connectivity index (χ3n) is 2.04. The van der Waals surface area contributed by atoms with Gasteiger partial charge in [-0.3, -0.25) is 0 Å². The molecule has 16 heavy (non-hydrogen) atoms.